The Morgan fingerprint density at radius 3 is 2.88 bits per heavy atom. The molecule has 0 saturated heterocycles. The standard InChI is InChI=1S/C19H19N5O/c1-11-13(4-2-8-21-11)12-6-7-14-15(10-12)22-19(20)18-17(14)23-16(24-18)5-3-9-25/h2,4,6-8,10,25H,3,5,9H2,1H3,(H2,20,22)(H,23,24). The second-order valence-electron chi connectivity index (χ2n) is 6.10. The van der Waals surface area contributed by atoms with Gasteiger partial charge in [0.2, 0.25) is 0 Å². The molecule has 4 rings (SSSR count). The Kier molecular flexibility index (Phi) is 3.82. The van der Waals surface area contributed by atoms with E-state index in [-0.39, 0.29) is 6.61 Å². The first-order valence-electron chi connectivity index (χ1n) is 8.28. The molecule has 0 aliphatic rings. The van der Waals surface area contributed by atoms with E-state index in [0.717, 1.165) is 39.1 Å². The van der Waals surface area contributed by atoms with E-state index in [1.807, 2.05) is 25.1 Å². The maximum atomic E-state index is 9.01. The number of nitrogens with one attached hydrogen (secondary N) is 1. The van der Waals surface area contributed by atoms with Crippen LogP contribution < -0.4 is 5.73 Å². The normalized spacial score (nSPS) is 11.4. The Labute approximate surface area is 144 Å². The number of nitrogens with zero attached hydrogens (tertiary/aromatic N) is 3. The third-order valence-electron chi connectivity index (χ3n) is 4.39. The number of hydrogen-bond acceptors (Lipinski definition) is 5. The van der Waals surface area contributed by atoms with Gasteiger partial charge in [0.15, 0.2) is 5.82 Å². The minimum Gasteiger partial charge on any atom is -0.396 e. The van der Waals surface area contributed by atoms with Crippen molar-refractivity contribution in [1.29, 1.82) is 0 Å². The van der Waals surface area contributed by atoms with E-state index in [2.05, 4.69) is 32.1 Å². The largest absolute Gasteiger partial charge is 0.396 e. The fourth-order valence-corrected chi connectivity index (χ4v) is 3.14. The molecule has 0 radical (unpaired) electrons. The Bertz CT molecular complexity index is 1070. The molecule has 4 aromatic rings. The van der Waals surface area contributed by atoms with Crippen molar-refractivity contribution in [2.75, 3.05) is 12.3 Å². The number of nitrogen functional groups attached to an aromatic ring is 1. The van der Waals surface area contributed by atoms with Crippen LogP contribution in [-0.2, 0) is 6.42 Å². The molecular weight excluding hydrogens is 314 g/mol. The van der Waals surface area contributed by atoms with Crippen molar-refractivity contribution in [3.8, 4) is 11.1 Å². The van der Waals surface area contributed by atoms with E-state index < -0.39 is 0 Å². The molecule has 3 heterocycles. The summed E-state index contributed by atoms with van der Waals surface area (Å²) in [6.07, 6.45) is 3.13. The van der Waals surface area contributed by atoms with Crippen LogP contribution in [0.4, 0.5) is 5.82 Å². The van der Waals surface area contributed by atoms with Crippen molar-refractivity contribution in [1.82, 2.24) is 19.9 Å². The second kappa shape index (κ2) is 6.14. The molecule has 0 amide bonds. The number of fused-ring (bicyclic) bond motifs is 3. The summed E-state index contributed by atoms with van der Waals surface area (Å²) in [6, 6.07) is 10.1. The smallest absolute Gasteiger partial charge is 0.152 e. The van der Waals surface area contributed by atoms with E-state index in [1.54, 1.807) is 6.20 Å². The van der Waals surface area contributed by atoms with Crippen molar-refractivity contribution in [2.24, 2.45) is 0 Å². The van der Waals surface area contributed by atoms with Gasteiger partial charge in [-0.15, -0.1) is 0 Å². The molecule has 0 unspecified atom stereocenters. The van der Waals surface area contributed by atoms with Gasteiger partial charge in [-0.3, -0.25) is 4.98 Å². The molecule has 6 nitrogen and oxygen atoms in total. The number of aliphatic hydroxyl groups excluding tert-OH is 1. The van der Waals surface area contributed by atoms with E-state index in [0.29, 0.717) is 24.2 Å². The Hall–Kier alpha value is -2.99. The summed E-state index contributed by atoms with van der Waals surface area (Å²) in [6.45, 7) is 2.13. The molecule has 0 fully saturated rings. The number of aryl methyl sites for hydroxylation is 2. The molecule has 4 N–H and O–H groups in total. The molecule has 0 saturated carbocycles. The van der Waals surface area contributed by atoms with Gasteiger partial charge in [0, 0.05) is 35.9 Å². The highest BCUT2D eigenvalue weighted by Crippen LogP contribution is 2.30. The van der Waals surface area contributed by atoms with Gasteiger partial charge in [0.05, 0.1) is 11.0 Å². The molecule has 0 aliphatic carbocycles. The van der Waals surface area contributed by atoms with Gasteiger partial charge in [0.25, 0.3) is 0 Å². The van der Waals surface area contributed by atoms with Gasteiger partial charge >= 0.3 is 0 Å². The number of anilines is 1. The number of H-pyrrole nitrogens is 1. The van der Waals surface area contributed by atoms with Crippen LogP contribution in [-0.4, -0.2) is 31.6 Å². The fourth-order valence-electron chi connectivity index (χ4n) is 3.14. The molecule has 1 aromatic carbocycles. The molecule has 6 heteroatoms. The van der Waals surface area contributed by atoms with E-state index in [9.17, 15) is 0 Å². The Morgan fingerprint density at radius 2 is 2.08 bits per heavy atom. The summed E-state index contributed by atoms with van der Waals surface area (Å²) < 4.78 is 0. The Morgan fingerprint density at radius 1 is 1.20 bits per heavy atom. The Balaban J connectivity index is 1.89. The molecule has 0 atom stereocenters. The number of imidazole rings is 1. The zero-order chi connectivity index (χ0) is 17.4. The van der Waals surface area contributed by atoms with Crippen molar-refractivity contribution in [2.45, 2.75) is 19.8 Å². The van der Waals surface area contributed by atoms with E-state index in [4.69, 9.17) is 10.8 Å². The number of aromatic nitrogens is 4. The summed E-state index contributed by atoms with van der Waals surface area (Å²) in [7, 11) is 0. The third kappa shape index (κ3) is 2.70. The van der Waals surface area contributed by atoms with Crippen LogP contribution in [0.5, 0.6) is 0 Å². The number of rotatable bonds is 4. The number of pyridine rings is 2. The lowest BCUT2D eigenvalue weighted by Gasteiger charge is -2.07. The first kappa shape index (κ1) is 15.5. The number of aromatic amines is 1. The van der Waals surface area contributed by atoms with Gasteiger partial charge in [-0.1, -0.05) is 18.2 Å². The van der Waals surface area contributed by atoms with Crippen LogP contribution in [0.25, 0.3) is 33.1 Å². The van der Waals surface area contributed by atoms with Crippen LogP contribution in [0.3, 0.4) is 0 Å². The third-order valence-corrected chi connectivity index (χ3v) is 4.39. The SMILES string of the molecule is Cc1ncccc1-c1ccc2c(c1)nc(N)c1nc(CCCO)[nH]c12. The van der Waals surface area contributed by atoms with Crippen LogP contribution in [0.15, 0.2) is 36.5 Å². The van der Waals surface area contributed by atoms with Crippen molar-refractivity contribution >= 4 is 27.8 Å². The van der Waals surface area contributed by atoms with Gasteiger partial charge in [0.1, 0.15) is 11.3 Å². The number of benzene rings is 1. The molecule has 3 aromatic heterocycles. The number of hydrogen-bond donors (Lipinski definition) is 3. The first-order valence-corrected chi connectivity index (χ1v) is 8.28. The topological polar surface area (TPSA) is 101 Å². The highest BCUT2D eigenvalue weighted by molar-refractivity contribution is 6.07. The molecular formula is C19H19N5O. The number of aliphatic hydroxyl groups is 1. The molecule has 0 bridgehead atoms. The fraction of sp³-hybridized carbons (Fsp3) is 0.211. The summed E-state index contributed by atoms with van der Waals surface area (Å²) in [4.78, 5) is 16.8. The van der Waals surface area contributed by atoms with Gasteiger partial charge in [-0.2, -0.15) is 0 Å². The van der Waals surface area contributed by atoms with Crippen molar-refractivity contribution in [3.05, 3.63) is 48.0 Å². The van der Waals surface area contributed by atoms with Crippen LogP contribution in [0.2, 0.25) is 0 Å². The maximum Gasteiger partial charge on any atom is 0.152 e. The zero-order valence-corrected chi connectivity index (χ0v) is 14.0. The van der Waals surface area contributed by atoms with Crippen LogP contribution in [0, 0.1) is 6.92 Å². The minimum atomic E-state index is 0.138. The molecule has 0 spiro atoms. The van der Waals surface area contributed by atoms with Crippen LogP contribution in [0.1, 0.15) is 17.9 Å². The van der Waals surface area contributed by atoms with Crippen LogP contribution >= 0.6 is 0 Å². The first-order chi connectivity index (χ1) is 12.2. The lowest BCUT2D eigenvalue weighted by atomic mass is 10.0. The highest BCUT2D eigenvalue weighted by Gasteiger charge is 2.13. The maximum absolute atomic E-state index is 9.01. The van der Waals surface area contributed by atoms with Gasteiger partial charge in [-0.25, -0.2) is 9.97 Å². The van der Waals surface area contributed by atoms with E-state index >= 15 is 0 Å². The highest BCUT2D eigenvalue weighted by atomic mass is 16.2. The molecule has 0 aliphatic heterocycles. The predicted molar refractivity (Wildman–Crippen MR) is 99.2 cm³/mol. The van der Waals surface area contributed by atoms with Crippen molar-refractivity contribution < 1.29 is 5.11 Å². The van der Waals surface area contributed by atoms with Gasteiger partial charge in [-0.05, 0) is 31.0 Å². The number of nitrogens with two attached hydrogens (primary N) is 1. The second-order valence-corrected chi connectivity index (χ2v) is 6.10. The van der Waals surface area contributed by atoms with Crippen molar-refractivity contribution in [3.63, 3.8) is 0 Å². The van der Waals surface area contributed by atoms with E-state index in [1.165, 1.54) is 0 Å². The summed E-state index contributed by atoms with van der Waals surface area (Å²) in [5, 5.41) is 9.99. The average molecular weight is 333 g/mol. The summed E-state index contributed by atoms with van der Waals surface area (Å²) in [5.41, 5.74) is 11.6. The average Bonchev–Trinajstić information content (AvgIpc) is 3.05. The lowest BCUT2D eigenvalue weighted by molar-refractivity contribution is 0.287. The summed E-state index contributed by atoms with van der Waals surface area (Å²) in [5.74, 6) is 1.23. The quantitative estimate of drug-likeness (QED) is 0.533. The monoisotopic (exact) mass is 333 g/mol. The summed E-state index contributed by atoms with van der Waals surface area (Å²) >= 11 is 0. The van der Waals surface area contributed by atoms with Gasteiger partial charge < -0.3 is 15.8 Å². The molecule has 126 valence electrons. The predicted octanol–water partition coefficient (Wildman–Crippen LogP) is 2.99. The molecule has 25 heavy (non-hydrogen) atoms. The zero-order valence-electron chi connectivity index (χ0n) is 14.0. The lowest BCUT2D eigenvalue weighted by Crippen LogP contribution is -1.94. The minimum absolute atomic E-state index is 0.138.